The predicted molar refractivity (Wildman–Crippen MR) is 108 cm³/mol. The highest BCUT2D eigenvalue weighted by Crippen LogP contribution is 2.47. The number of hydrogen-bond acceptors (Lipinski definition) is 7. The highest BCUT2D eigenvalue weighted by atomic mass is 16.6. The SMILES string of the molecule is OC[C@@H]1C[C@@H](n2cnc3c(NC4CC4)ncnc32)[C@@H]2C(c3ccccc3)=NO[C@H]12. The van der Waals surface area contributed by atoms with Gasteiger partial charge in [0.05, 0.1) is 18.0 Å². The van der Waals surface area contributed by atoms with E-state index in [1.165, 1.54) is 12.8 Å². The maximum Gasteiger partial charge on any atom is 0.165 e. The third kappa shape index (κ3) is 2.70. The average molecular weight is 390 g/mol. The van der Waals surface area contributed by atoms with Crippen LogP contribution in [0, 0.1) is 11.8 Å². The van der Waals surface area contributed by atoms with Crippen LogP contribution in [0.25, 0.3) is 11.2 Å². The lowest BCUT2D eigenvalue weighted by atomic mass is 9.90. The molecule has 3 heterocycles. The molecule has 2 N–H and O–H groups in total. The van der Waals surface area contributed by atoms with E-state index in [9.17, 15) is 5.11 Å². The summed E-state index contributed by atoms with van der Waals surface area (Å²) in [5.41, 5.74) is 3.59. The Morgan fingerprint density at radius 2 is 2.00 bits per heavy atom. The van der Waals surface area contributed by atoms with Gasteiger partial charge in [-0.25, -0.2) is 15.0 Å². The first-order valence-electron chi connectivity index (χ1n) is 10.2. The van der Waals surface area contributed by atoms with Gasteiger partial charge in [0.1, 0.15) is 17.9 Å². The van der Waals surface area contributed by atoms with E-state index >= 15 is 0 Å². The number of oxime groups is 1. The predicted octanol–water partition coefficient (Wildman–Crippen LogP) is 2.37. The van der Waals surface area contributed by atoms with Crippen molar-refractivity contribution in [3.63, 3.8) is 0 Å². The maximum atomic E-state index is 9.96. The normalized spacial score (nSPS) is 28.2. The molecule has 0 amide bonds. The largest absolute Gasteiger partial charge is 0.396 e. The number of aliphatic hydroxyl groups excluding tert-OH is 1. The highest BCUT2D eigenvalue weighted by molar-refractivity contribution is 6.03. The van der Waals surface area contributed by atoms with Gasteiger partial charge in [-0.3, -0.25) is 0 Å². The van der Waals surface area contributed by atoms with E-state index in [1.54, 1.807) is 6.33 Å². The highest BCUT2D eigenvalue weighted by Gasteiger charge is 2.52. The van der Waals surface area contributed by atoms with Gasteiger partial charge in [0, 0.05) is 24.6 Å². The van der Waals surface area contributed by atoms with Crippen molar-refractivity contribution in [2.75, 3.05) is 11.9 Å². The summed E-state index contributed by atoms with van der Waals surface area (Å²) in [6.07, 6.45) is 6.44. The van der Waals surface area contributed by atoms with Crippen molar-refractivity contribution >= 4 is 22.7 Å². The summed E-state index contributed by atoms with van der Waals surface area (Å²) in [6.45, 7) is 0.0748. The second kappa shape index (κ2) is 6.52. The van der Waals surface area contributed by atoms with Crippen LogP contribution in [-0.2, 0) is 4.84 Å². The van der Waals surface area contributed by atoms with Crippen LogP contribution in [0.4, 0.5) is 5.82 Å². The molecule has 4 atom stereocenters. The zero-order valence-electron chi connectivity index (χ0n) is 15.8. The van der Waals surface area contributed by atoms with Gasteiger partial charge in [0.15, 0.2) is 11.5 Å². The summed E-state index contributed by atoms with van der Waals surface area (Å²) in [5, 5.41) is 17.8. The van der Waals surface area contributed by atoms with Crippen LogP contribution in [0.1, 0.15) is 30.9 Å². The molecule has 0 saturated heterocycles. The zero-order valence-corrected chi connectivity index (χ0v) is 15.8. The van der Waals surface area contributed by atoms with Gasteiger partial charge >= 0.3 is 0 Å². The molecule has 29 heavy (non-hydrogen) atoms. The molecule has 3 aliphatic rings. The second-order valence-corrected chi connectivity index (χ2v) is 8.15. The fourth-order valence-electron chi connectivity index (χ4n) is 4.71. The zero-order chi connectivity index (χ0) is 19.4. The summed E-state index contributed by atoms with van der Waals surface area (Å²) < 4.78 is 2.12. The Balaban J connectivity index is 1.42. The molecule has 2 fully saturated rings. The number of fused-ring (bicyclic) bond motifs is 2. The molecule has 0 bridgehead atoms. The molecule has 2 saturated carbocycles. The lowest BCUT2D eigenvalue weighted by Gasteiger charge is -2.20. The minimum absolute atomic E-state index is 0.0262. The Morgan fingerprint density at radius 1 is 1.14 bits per heavy atom. The van der Waals surface area contributed by atoms with E-state index in [1.807, 2.05) is 24.5 Å². The molecule has 6 rings (SSSR count). The Morgan fingerprint density at radius 3 is 2.79 bits per heavy atom. The van der Waals surface area contributed by atoms with Gasteiger partial charge in [-0.2, -0.15) is 0 Å². The molecule has 0 unspecified atom stereocenters. The standard InChI is InChI=1S/C21H22N6O2/c28-9-13-8-15(16-17(26-29-19(13)16)12-4-2-1-3-5-12)27-11-24-18-20(25-14-6-7-14)22-10-23-21(18)27/h1-5,10-11,13-16,19,28H,6-9H2,(H,22,23,25)/t13-,15+,16+,19+/m0/s1. The first kappa shape index (κ1) is 16.9. The molecule has 2 aliphatic carbocycles. The van der Waals surface area contributed by atoms with Crippen LogP contribution in [0.5, 0.6) is 0 Å². The summed E-state index contributed by atoms with van der Waals surface area (Å²) in [7, 11) is 0. The fourth-order valence-corrected chi connectivity index (χ4v) is 4.71. The fraction of sp³-hybridized carbons (Fsp3) is 0.429. The number of nitrogens with one attached hydrogen (secondary N) is 1. The van der Waals surface area contributed by atoms with Crippen molar-refractivity contribution in [1.29, 1.82) is 0 Å². The van der Waals surface area contributed by atoms with Crippen molar-refractivity contribution in [1.82, 2.24) is 19.5 Å². The van der Waals surface area contributed by atoms with Crippen LogP contribution < -0.4 is 5.32 Å². The van der Waals surface area contributed by atoms with Crippen molar-refractivity contribution in [3.8, 4) is 0 Å². The molecule has 148 valence electrons. The lowest BCUT2D eigenvalue weighted by molar-refractivity contribution is 0.0206. The number of imidazole rings is 1. The molecule has 1 aliphatic heterocycles. The average Bonchev–Trinajstić information content (AvgIpc) is 3.16. The molecular formula is C21H22N6O2. The monoisotopic (exact) mass is 390 g/mol. The van der Waals surface area contributed by atoms with Crippen LogP contribution in [0.2, 0.25) is 0 Å². The van der Waals surface area contributed by atoms with Crippen LogP contribution >= 0.6 is 0 Å². The number of anilines is 1. The number of benzene rings is 1. The second-order valence-electron chi connectivity index (χ2n) is 8.15. The van der Waals surface area contributed by atoms with Crippen molar-refractivity contribution in [2.24, 2.45) is 17.0 Å². The van der Waals surface area contributed by atoms with Gasteiger partial charge in [-0.1, -0.05) is 35.5 Å². The first-order chi connectivity index (χ1) is 14.3. The topological polar surface area (TPSA) is 97.5 Å². The van der Waals surface area contributed by atoms with Gasteiger partial charge in [0.25, 0.3) is 0 Å². The smallest absolute Gasteiger partial charge is 0.165 e. The molecule has 3 aromatic rings. The Labute approximate surface area is 167 Å². The van der Waals surface area contributed by atoms with Gasteiger partial charge in [-0.05, 0) is 24.8 Å². The minimum Gasteiger partial charge on any atom is -0.396 e. The summed E-state index contributed by atoms with van der Waals surface area (Å²) in [4.78, 5) is 19.4. The van der Waals surface area contributed by atoms with Gasteiger partial charge < -0.3 is 19.8 Å². The van der Waals surface area contributed by atoms with E-state index in [4.69, 9.17) is 4.84 Å². The Hall–Kier alpha value is -3.00. The molecule has 8 nitrogen and oxygen atoms in total. The van der Waals surface area contributed by atoms with Gasteiger partial charge in [-0.15, -0.1) is 0 Å². The van der Waals surface area contributed by atoms with Crippen LogP contribution in [0.3, 0.4) is 0 Å². The lowest BCUT2D eigenvalue weighted by Crippen LogP contribution is -2.28. The van der Waals surface area contributed by atoms with E-state index in [2.05, 4.69) is 42.1 Å². The van der Waals surface area contributed by atoms with Crippen LogP contribution in [-0.4, -0.2) is 49.1 Å². The van der Waals surface area contributed by atoms with E-state index < -0.39 is 0 Å². The Kier molecular flexibility index (Phi) is 3.80. The summed E-state index contributed by atoms with van der Waals surface area (Å²) >= 11 is 0. The van der Waals surface area contributed by atoms with Crippen molar-refractivity contribution < 1.29 is 9.94 Å². The molecule has 2 aromatic heterocycles. The number of hydrogen-bond donors (Lipinski definition) is 2. The summed E-state index contributed by atoms with van der Waals surface area (Å²) in [6, 6.07) is 10.7. The van der Waals surface area contributed by atoms with E-state index in [0.717, 1.165) is 34.7 Å². The minimum atomic E-state index is -0.136. The van der Waals surface area contributed by atoms with Crippen molar-refractivity contribution in [3.05, 3.63) is 48.5 Å². The maximum absolute atomic E-state index is 9.96. The third-order valence-electron chi connectivity index (χ3n) is 6.30. The molecule has 8 heteroatoms. The molecule has 1 aromatic carbocycles. The molecule has 0 radical (unpaired) electrons. The van der Waals surface area contributed by atoms with Crippen LogP contribution in [0.15, 0.2) is 48.1 Å². The van der Waals surface area contributed by atoms with E-state index in [0.29, 0.717) is 6.04 Å². The number of nitrogens with zero attached hydrogens (tertiary/aromatic N) is 5. The van der Waals surface area contributed by atoms with Gasteiger partial charge in [0.2, 0.25) is 0 Å². The first-order valence-corrected chi connectivity index (χ1v) is 10.2. The van der Waals surface area contributed by atoms with Crippen molar-refractivity contribution in [2.45, 2.75) is 37.5 Å². The number of aromatic nitrogens is 4. The number of rotatable bonds is 5. The van der Waals surface area contributed by atoms with E-state index in [-0.39, 0.29) is 30.6 Å². The molecular weight excluding hydrogens is 368 g/mol. The quantitative estimate of drug-likeness (QED) is 0.694. The third-order valence-corrected chi connectivity index (χ3v) is 6.30. The summed E-state index contributed by atoms with van der Waals surface area (Å²) in [5.74, 6) is 0.865. The number of aliphatic hydroxyl groups is 1. The Bertz CT molecular complexity index is 1080. The molecule has 0 spiro atoms.